The Labute approximate surface area is 139 Å². The maximum Gasteiger partial charge on any atom is 0.223 e. The number of thioether (sulfide) groups is 1. The fraction of sp³-hybridized carbons (Fsp3) is 0.882. The van der Waals surface area contributed by atoms with Crippen LogP contribution >= 0.6 is 11.8 Å². The Morgan fingerprint density at radius 1 is 1.14 bits per heavy atom. The van der Waals surface area contributed by atoms with E-state index in [2.05, 4.69) is 25.7 Å². The number of nitrogens with zero attached hydrogens (tertiary/aromatic N) is 2. The molecule has 2 heterocycles. The van der Waals surface area contributed by atoms with Crippen LogP contribution < -0.4 is 0 Å². The van der Waals surface area contributed by atoms with Crippen LogP contribution in [-0.2, 0) is 9.59 Å². The van der Waals surface area contributed by atoms with Crippen molar-refractivity contribution in [2.45, 2.75) is 64.2 Å². The van der Waals surface area contributed by atoms with Crippen LogP contribution in [-0.4, -0.2) is 51.9 Å². The van der Waals surface area contributed by atoms with Crippen molar-refractivity contribution in [1.29, 1.82) is 0 Å². The van der Waals surface area contributed by atoms with Crippen LogP contribution in [0.25, 0.3) is 0 Å². The van der Waals surface area contributed by atoms with Gasteiger partial charge >= 0.3 is 0 Å². The quantitative estimate of drug-likeness (QED) is 0.779. The van der Waals surface area contributed by atoms with Gasteiger partial charge in [0.25, 0.3) is 0 Å². The number of carbonyl (C=O) groups excluding carboxylic acids is 2. The van der Waals surface area contributed by atoms with Gasteiger partial charge in [0.2, 0.25) is 11.8 Å². The molecule has 2 aliphatic rings. The maximum absolute atomic E-state index is 12.5. The minimum atomic E-state index is -0.0342. The second-order valence-electron chi connectivity index (χ2n) is 6.92. The lowest BCUT2D eigenvalue weighted by atomic mass is 10.00. The monoisotopic (exact) mass is 326 g/mol. The summed E-state index contributed by atoms with van der Waals surface area (Å²) in [6.45, 7) is 8.81. The van der Waals surface area contributed by atoms with Crippen molar-refractivity contribution in [3.05, 3.63) is 0 Å². The molecule has 2 fully saturated rings. The number of unbranched alkanes of at least 4 members (excludes halogenated alkanes) is 1. The zero-order valence-electron chi connectivity index (χ0n) is 14.3. The molecule has 2 rings (SSSR count). The molecule has 2 saturated heterocycles. The molecule has 2 aliphatic heterocycles. The number of hydrogen-bond donors (Lipinski definition) is 0. The first-order valence-electron chi connectivity index (χ1n) is 8.70. The van der Waals surface area contributed by atoms with Crippen molar-refractivity contribution in [2.75, 3.05) is 25.4 Å². The summed E-state index contributed by atoms with van der Waals surface area (Å²) in [7, 11) is 0. The summed E-state index contributed by atoms with van der Waals surface area (Å²) in [5, 5.41) is 0. The molecule has 0 atom stereocenters. The van der Waals surface area contributed by atoms with E-state index >= 15 is 0 Å². The van der Waals surface area contributed by atoms with Gasteiger partial charge in [0.15, 0.2) is 0 Å². The number of amides is 2. The van der Waals surface area contributed by atoms with E-state index in [1.807, 2.05) is 16.7 Å². The van der Waals surface area contributed by atoms with E-state index in [0.29, 0.717) is 30.6 Å². The highest BCUT2D eigenvalue weighted by molar-refractivity contribution is 8.00. The largest absolute Gasteiger partial charge is 0.342 e. The minimum absolute atomic E-state index is 0.0342. The van der Waals surface area contributed by atoms with Crippen LogP contribution in [0.4, 0.5) is 0 Å². The average molecular weight is 327 g/mol. The Balaban J connectivity index is 1.93. The van der Waals surface area contributed by atoms with Gasteiger partial charge in [0, 0.05) is 38.2 Å². The Kier molecular flexibility index (Phi) is 6.18. The molecule has 0 aromatic rings. The predicted molar refractivity (Wildman–Crippen MR) is 91.7 cm³/mol. The Hall–Kier alpha value is -0.710. The molecule has 0 aromatic carbocycles. The summed E-state index contributed by atoms with van der Waals surface area (Å²) in [6, 6.07) is 0. The molecule has 0 unspecified atom stereocenters. The first-order valence-corrected chi connectivity index (χ1v) is 9.69. The van der Waals surface area contributed by atoms with Crippen molar-refractivity contribution in [1.82, 2.24) is 9.80 Å². The lowest BCUT2D eigenvalue weighted by Crippen LogP contribution is -2.53. The first-order chi connectivity index (χ1) is 10.5. The lowest BCUT2D eigenvalue weighted by Gasteiger charge is -2.44. The molecule has 22 heavy (non-hydrogen) atoms. The van der Waals surface area contributed by atoms with Gasteiger partial charge in [-0.1, -0.05) is 27.2 Å². The summed E-state index contributed by atoms with van der Waals surface area (Å²) >= 11 is 1.93. The highest BCUT2D eigenvalue weighted by Crippen LogP contribution is 2.44. The Bertz CT molecular complexity index is 403. The van der Waals surface area contributed by atoms with Gasteiger partial charge in [0.1, 0.15) is 0 Å². The number of likely N-dealkylation sites (tertiary alicyclic amines) is 1. The fourth-order valence-electron chi connectivity index (χ4n) is 3.43. The lowest BCUT2D eigenvalue weighted by molar-refractivity contribution is -0.137. The first kappa shape index (κ1) is 17.6. The molecule has 4 nitrogen and oxygen atoms in total. The van der Waals surface area contributed by atoms with Gasteiger partial charge < -0.3 is 9.80 Å². The topological polar surface area (TPSA) is 40.6 Å². The molecule has 0 N–H and O–H groups in total. The van der Waals surface area contributed by atoms with Gasteiger partial charge in [-0.25, -0.2) is 0 Å². The third kappa shape index (κ3) is 3.98. The van der Waals surface area contributed by atoms with E-state index in [4.69, 9.17) is 0 Å². The summed E-state index contributed by atoms with van der Waals surface area (Å²) in [4.78, 5) is 28.8. The molecular weight excluding hydrogens is 296 g/mol. The van der Waals surface area contributed by atoms with Crippen molar-refractivity contribution >= 4 is 23.6 Å². The van der Waals surface area contributed by atoms with Crippen molar-refractivity contribution in [2.24, 2.45) is 5.92 Å². The normalized spacial score (nSPS) is 20.9. The van der Waals surface area contributed by atoms with Gasteiger partial charge in [-0.05, 0) is 25.2 Å². The standard InChI is InChI=1S/C17H30N2O2S/c1-4-5-6-15(20)18-9-7-17(8-10-18)19(11-12-22-17)16(21)13-14(2)3/h14H,4-13H2,1-3H3. The molecule has 0 bridgehead atoms. The van der Waals surface area contributed by atoms with E-state index in [-0.39, 0.29) is 4.87 Å². The number of carbonyl (C=O) groups is 2. The van der Waals surface area contributed by atoms with E-state index in [1.165, 1.54) is 0 Å². The second kappa shape index (κ2) is 7.71. The fourth-order valence-corrected chi connectivity index (χ4v) is 4.90. The molecule has 0 aromatic heterocycles. The maximum atomic E-state index is 12.5. The van der Waals surface area contributed by atoms with Crippen LogP contribution in [0.3, 0.4) is 0 Å². The van der Waals surface area contributed by atoms with E-state index < -0.39 is 0 Å². The molecule has 1 spiro atoms. The molecule has 5 heteroatoms. The molecular formula is C17H30N2O2S. The van der Waals surface area contributed by atoms with E-state index in [9.17, 15) is 9.59 Å². The second-order valence-corrected chi connectivity index (χ2v) is 8.38. The van der Waals surface area contributed by atoms with Crippen molar-refractivity contribution in [3.63, 3.8) is 0 Å². The van der Waals surface area contributed by atoms with Gasteiger partial charge in [-0.2, -0.15) is 0 Å². The number of piperidine rings is 1. The molecule has 0 saturated carbocycles. The summed E-state index contributed by atoms with van der Waals surface area (Å²) < 4.78 is 0. The SMILES string of the molecule is CCCCC(=O)N1CCC2(CC1)SCCN2C(=O)CC(C)C. The van der Waals surface area contributed by atoms with E-state index in [0.717, 1.165) is 51.1 Å². The predicted octanol–water partition coefficient (Wildman–Crippen LogP) is 3.12. The van der Waals surface area contributed by atoms with Crippen LogP contribution in [0.5, 0.6) is 0 Å². The van der Waals surface area contributed by atoms with Crippen LogP contribution in [0.15, 0.2) is 0 Å². The molecule has 2 amide bonds. The third-order valence-corrected chi connectivity index (χ3v) is 6.26. The Morgan fingerprint density at radius 3 is 2.41 bits per heavy atom. The zero-order chi connectivity index (χ0) is 16.2. The minimum Gasteiger partial charge on any atom is -0.342 e. The van der Waals surface area contributed by atoms with Crippen LogP contribution in [0.2, 0.25) is 0 Å². The summed E-state index contributed by atoms with van der Waals surface area (Å²) in [5.41, 5.74) is 0. The smallest absolute Gasteiger partial charge is 0.223 e. The van der Waals surface area contributed by atoms with Crippen molar-refractivity contribution in [3.8, 4) is 0 Å². The third-order valence-electron chi connectivity index (χ3n) is 4.70. The van der Waals surface area contributed by atoms with Gasteiger partial charge in [0.05, 0.1) is 4.87 Å². The van der Waals surface area contributed by atoms with Crippen molar-refractivity contribution < 1.29 is 9.59 Å². The van der Waals surface area contributed by atoms with Crippen LogP contribution in [0, 0.1) is 5.92 Å². The number of rotatable bonds is 5. The van der Waals surface area contributed by atoms with E-state index in [1.54, 1.807) is 0 Å². The molecule has 0 radical (unpaired) electrons. The number of hydrogen-bond acceptors (Lipinski definition) is 3. The summed E-state index contributed by atoms with van der Waals surface area (Å²) in [6.07, 6.45) is 5.22. The average Bonchev–Trinajstić information content (AvgIpc) is 2.88. The molecule has 0 aliphatic carbocycles. The highest BCUT2D eigenvalue weighted by atomic mass is 32.2. The molecule has 126 valence electrons. The van der Waals surface area contributed by atoms with Crippen LogP contribution in [0.1, 0.15) is 59.3 Å². The Morgan fingerprint density at radius 2 is 1.82 bits per heavy atom. The highest BCUT2D eigenvalue weighted by Gasteiger charge is 2.46. The van der Waals surface area contributed by atoms with Gasteiger partial charge in [-0.3, -0.25) is 9.59 Å². The zero-order valence-corrected chi connectivity index (χ0v) is 15.1. The summed E-state index contributed by atoms with van der Waals surface area (Å²) in [5.74, 6) is 2.03. The van der Waals surface area contributed by atoms with Gasteiger partial charge in [-0.15, -0.1) is 11.8 Å².